The topological polar surface area (TPSA) is 67.4 Å². The van der Waals surface area contributed by atoms with Crippen molar-refractivity contribution in [3.05, 3.63) is 64.7 Å². The molecule has 2 amide bonds. The molecule has 6 rings (SSSR count). The monoisotopic (exact) mass is 432 g/mol. The molecule has 32 heavy (non-hydrogen) atoms. The fraction of sp³-hybridized carbons (Fsp3) is 0.481. The van der Waals surface area contributed by atoms with Crippen LogP contribution in [0, 0.1) is 31.1 Å². The van der Waals surface area contributed by atoms with Gasteiger partial charge in [-0.25, -0.2) is 0 Å². The minimum Gasteiger partial charge on any atom is -0.497 e. The van der Waals surface area contributed by atoms with Gasteiger partial charge in [0.2, 0.25) is 5.91 Å². The Morgan fingerprint density at radius 1 is 0.938 bits per heavy atom. The third-order valence-electron chi connectivity index (χ3n) is 8.16. The van der Waals surface area contributed by atoms with Crippen molar-refractivity contribution in [3.8, 4) is 5.75 Å². The molecule has 4 fully saturated rings. The first-order chi connectivity index (χ1) is 15.3. The number of methoxy groups -OCH3 is 1. The molecule has 0 aromatic heterocycles. The molecule has 2 unspecified atom stereocenters. The van der Waals surface area contributed by atoms with E-state index in [-0.39, 0.29) is 17.2 Å². The number of hydrogen-bond acceptors (Lipinski definition) is 3. The molecule has 5 heteroatoms. The van der Waals surface area contributed by atoms with Gasteiger partial charge in [0.25, 0.3) is 5.91 Å². The summed E-state index contributed by atoms with van der Waals surface area (Å²) in [6.45, 7) is 3.92. The molecule has 4 aliphatic carbocycles. The Morgan fingerprint density at radius 2 is 1.62 bits per heavy atom. The van der Waals surface area contributed by atoms with Crippen LogP contribution in [-0.4, -0.2) is 18.9 Å². The zero-order valence-corrected chi connectivity index (χ0v) is 19.2. The van der Waals surface area contributed by atoms with E-state index in [1.807, 2.05) is 44.2 Å². The molecule has 168 valence electrons. The van der Waals surface area contributed by atoms with Crippen LogP contribution in [0.4, 0.5) is 0 Å². The Morgan fingerprint density at radius 3 is 2.25 bits per heavy atom. The first kappa shape index (κ1) is 21.0. The van der Waals surface area contributed by atoms with Crippen molar-refractivity contribution in [1.29, 1.82) is 0 Å². The van der Waals surface area contributed by atoms with Gasteiger partial charge in [-0.05, 0) is 98.9 Å². The van der Waals surface area contributed by atoms with Gasteiger partial charge in [0.15, 0.2) is 0 Å². The molecule has 0 spiro atoms. The highest BCUT2D eigenvalue weighted by Gasteiger charge is 2.61. The van der Waals surface area contributed by atoms with Crippen molar-refractivity contribution in [2.24, 2.45) is 17.3 Å². The number of rotatable bonds is 4. The lowest BCUT2D eigenvalue weighted by Crippen LogP contribution is -2.60. The highest BCUT2D eigenvalue weighted by Crippen LogP contribution is 2.65. The predicted octanol–water partition coefficient (Wildman–Crippen LogP) is 4.61. The van der Waals surface area contributed by atoms with Crippen LogP contribution in [0.5, 0.6) is 5.75 Å². The van der Waals surface area contributed by atoms with E-state index in [9.17, 15) is 9.59 Å². The van der Waals surface area contributed by atoms with Crippen LogP contribution in [0.25, 0.3) is 0 Å². The summed E-state index contributed by atoms with van der Waals surface area (Å²) in [6.07, 6.45) is 6.23. The quantitative estimate of drug-likeness (QED) is 0.694. The summed E-state index contributed by atoms with van der Waals surface area (Å²) in [5.74, 6) is 1.71. The normalized spacial score (nSPS) is 30.1. The summed E-state index contributed by atoms with van der Waals surface area (Å²) in [6, 6.07) is 14.1. The average molecular weight is 433 g/mol. The first-order valence-electron chi connectivity index (χ1n) is 11.7. The molecule has 0 heterocycles. The number of hydrazine groups is 1. The maximum absolute atomic E-state index is 13.5. The van der Waals surface area contributed by atoms with Crippen LogP contribution in [0.1, 0.15) is 65.6 Å². The Balaban J connectivity index is 1.35. The van der Waals surface area contributed by atoms with Gasteiger partial charge >= 0.3 is 0 Å². The standard InChI is InChI=1S/C27H32N2O3/c1-17-4-9-23(18(2)10-17)24(30)28-29-25(31)27-14-19-11-20(15-27)13-26(12-19,16-27)21-5-7-22(32-3)8-6-21/h4-10,19-20H,11-16H2,1-3H3,(H,28,30)(H,29,31). The van der Waals surface area contributed by atoms with E-state index < -0.39 is 5.41 Å². The highest BCUT2D eigenvalue weighted by atomic mass is 16.5. The molecule has 4 saturated carbocycles. The number of benzene rings is 2. The Labute approximate surface area is 189 Å². The molecule has 4 bridgehead atoms. The summed E-state index contributed by atoms with van der Waals surface area (Å²) < 4.78 is 5.35. The molecule has 2 N–H and O–H groups in total. The van der Waals surface area contributed by atoms with Crippen LogP contribution in [0.2, 0.25) is 0 Å². The first-order valence-corrected chi connectivity index (χ1v) is 11.7. The number of amides is 2. The van der Waals surface area contributed by atoms with Crippen molar-refractivity contribution in [2.45, 2.75) is 57.8 Å². The van der Waals surface area contributed by atoms with E-state index >= 15 is 0 Å². The van der Waals surface area contributed by atoms with E-state index in [4.69, 9.17) is 4.74 Å². The van der Waals surface area contributed by atoms with Gasteiger partial charge in [0, 0.05) is 5.56 Å². The number of carbonyl (C=O) groups is 2. The number of nitrogens with one attached hydrogen (secondary N) is 2. The largest absolute Gasteiger partial charge is 0.497 e. The van der Waals surface area contributed by atoms with Gasteiger partial charge < -0.3 is 4.74 Å². The molecule has 2 aromatic rings. The molecule has 2 aromatic carbocycles. The third-order valence-corrected chi connectivity index (χ3v) is 8.16. The van der Waals surface area contributed by atoms with Crippen LogP contribution >= 0.6 is 0 Å². The number of ether oxygens (including phenoxy) is 1. The van der Waals surface area contributed by atoms with Crippen molar-refractivity contribution < 1.29 is 14.3 Å². The number of aryl methyl sites for hydroxylation is 2. The second kappa shape index (κ2) is 7.65. The molecular weight excluding hydrogens is 400 g/mol. The second-order valence-electron chi connectivity index (χ2n) is 10.5. The van der Waals surface area contributed by atoms with Gasteiger partial charge in [-0.2, -0.15) is 0 Å². The van der Waals surface area contributed by atoms with Gasteiger partial charge in [0.05, 0.1) is 12.5 Å². The molecule has 2 atom stereocenters. The van der Waals surface area contributed by atoms with E-state index in [0.29, 0.717) is 17.4 Å². The summed E-state index contributed by atoms with van der Waals surface area (Å²) in [7, 11) is 1.69. The summed E-state index contributed by atoms with van der Waals surface area (Å²) in [5.41, 5.74) is 9.08. The van der Waals surface area contributed by atoms with Gasteiger partial charge in [-0.1, -0.05) is 29.8 Å². The maximum Gasteiger partial charge on any atom is 0.269 e. The lowest BCUT2D eigenvalue weighted by molar-refractivity contribution is -0.149. The van der Waals surface area contributed by atoms with Crippen LogP contribution in [-0.2, 0) is 10.2 Å². The molecule has 0 saturated heterocycles. The fourth-order valence-electron chi connectivity index (χ4n) is 7.19. The number of hydrogen-bond donors (Lipinski definition) is 2. The Kier molecular flexibility index (Phi) is 5.03. The van der Waals surface area contributed by atoms with Crippen molar-refractivity contribution in [3.63, 3.8) is 0 Å². The van der Waals surface area contributed by atoms with Gasteiger partial charge in [-0.3, -0.25) is 20.4 Å². The molecule has 0 radical (unpaired) electrons. The predicted molar refractivity (Wildman–Crippen MR) is 123 cm³/mol. The Hall–Kier alpha value is -2.82. The third kappa shape index (κ3) is 3.48. The molecule has 5 nitrogen and oxygen atoms in total. The minimum atomic E-state index is -0.403. The van der Waals surface area contributed by atoms with Crippen molar-refractivity contribution in [1.82, 2.24) is 10.9 Å². The summed E-state index contributed by atoms with van der Waals surface area (Å²) in [5, 5.41) is 0. The number of carbonyl (C=O) groups excluding carboxylic acids is 2. The van der Waals surface area contributed by atoms with E-state index in [1.165, 1.54) is 12.0 Å². The highest BCUT2D eigenvalue weighted by molar-refractivity contribution is 5.97. The van der Waals surface area contributed by atoms with Crippen LogP contribution < -0.4 is 15.6 Å². The smallest absolute Gasteiger partial charge is 0.269 e. The lowest BCUT2D eigenvalue weighted by Gasteiger charge is -2.61. The molecule has 4 aliphatic rings. The van der Waals surface area contributed by atoms with Gasteiger partial charge in [-0.15, -0.1) is 0 Å². The van der Waals surface area contributed by atoms with Crippen LogP contribution in [0.3, 0.4) is 0 Å². The zero-order chi connectivity index (χ0) is 22.5. The maximum atomic E-state index is 13.5. The summed E-state index contributed by atoms with van der Waals surface area (Å²) >= 11 is 0. The SMILES string of the molecule is COc1ccc(C23CC4CC(CC(C(=O)NNC(=O)c5ccc(C)cc5C)(C4)C2)C3)cc1. The van der Waals surface area contributed by atoms with Crippen LogP contribution in [0.15, 0.2) is 42.5 Å². The van der Waals surface area contributed by atoms with Gasteiger partial charge in [0.1, 0.15) is 5.75 Å². The summed E-state index contributed by atoms with van der Waals surface area (Å²) in [4.78, 5) is 26.2. The van der Waals surface area contributed by atoms with E-state index in [0.717, 1.165) is 49.0 Å². The molecule has 0 aliphatic heterocycles. The molecular formula is C27H32N2O3. The van der Waals surface area contributed by atoms with E-state index in [1.54, 1.807) is 7.11 Å². The fourth-order valence-corrected chi connectivity index (χ4v) is 7.19. The Bertz CT molecular complexity index is 1050. The van der Waals surface area contributed by atoms with E-state index in [2.05, 4.69) is 23.0 Å². The average Bonchev–Trinajstić information content (AvgIpc) is 2.76. The van der Waals surface area contributed by atoms with Crippen molar-refractivity contribution >= 4 is 11.8 Å². The zero-order valence-electron chi connectivity index (χ0n) is 19.2. The minimum absolute atomic E-state index is 0.0254. The van der Waals surface area contributed by atoms with Crippen molar-refractivity contribution in [2.75, 3.05) is 7.11 Å². The second-order valence-corrected chi connectivity index (χ2v) is 10.5. The lowest BCUT2D eigenvalue weighted by atomic mass is 9.42.